The van der Waals surface area contributed by atoms with Crippen LogP contribution in [0.1, 0.15) is 24.2 Å². The molecular formula is C19H21N3OS. The number of anilines is 1. The molecule has 0 aliphatic heterocycles. The molecule has 1 N–H and O–H groups in total. The van der Waals surface area contributed by atoms with Gasteiger partial charge in [-0.15, -0.1) is 0 Å². The third-order valence-electron chi connectivity index (χ3n) is 3.96. The van der Waals surface area contributed by atoms with Gasteiger partial charge in [0, 0.05) is 34.2 Å². The van der Waals surface area contributed by atoms with Crippen LogP contribution in [0.4, 0.5) is 5.69 Å². The minimum atomic E-state index is -0.947. The van der Waals surface area contributed by atoms with E-state index in [9.17, 15) is 4.21 Å². The molecule has 0 bridgehead atoms. The third-order valence-corrected chi connectivity index (χ3v) is 4.89. The average Bonchev–Trinajstić information content (AvgIpc) is 3.01. The Morgan fingerprint density at radius 1 is 1.08 bits per heavy atom. The summed E-state index contributed by atoms with van der Waals surface area (Å²) >= 11 is 0. The van der Waals surface area contributed by atoms with Gasteiger partial charge in [-0.25, -0.2) is 4.68 Å². The Morgan fingerprint density at radius 3 is 2.42 bits per heavy atom. The highest BCUT2D eigenvalue weighted by atomic mass is 32.2. The number of aromatic nitrogens is 2. The lowest BCUT2D eigenvalue weighted by Gasteiger charge is -2.18. The average molecular weight is 339 g/mol. The van der Waals surface area contributed by atoms with E-state index in [1.165, 1.54) is 0 Å². The molecule has 0 saturated heterocycles. The van der Waals surface area contributed by atoms with Crippen molar-refractivity contribution in [1.82, 2.24) is 9.78 Å². The van der Waals surface area contributed by atoms with E-state index < -0.39 is 10.8 Å². The van der Waals surface area contributed by atoms with Crippen molar-refractivity contribution < 1.29 is 4.21 Å². The smallest absolute Gasteiger partial charge is 0.0877 e. The van der Waals surface area contributed by atoms with Crippen LogP contribution in [0.3, 0.4) is 0 Å². The van der Waals surface area contributed by atoms with Gasteiger partial charge in [0.15, 0.2) is 0 Å². The topological polar surface area (TPSA) is 46.9 Å². The molecule has 0 fully saturated rings. The summed E-state index contributed by atoms with van der Waals surface area (Å²) in [6.45, 7) is 4.09. The summed E-state index contributed by atoms with van der Waals surface area (Å²) in [7, 11) is -0.947. The molecule has 0 aliphatic carbocycles. The maximum absolute atomic E-state index is 11.5. The van der Waals surface area contributed by atoms with Crippen LogP contribution in [-0.2, 0) is 10.8 Å². The van der Waals surface area contributed by atoms with E-state index in [0.29, 0.717) is 0 Å². The van der Waals surface area contributed by atoms with E-state index in [4.69, 9.17) is 0 Å². The van der Waals surface area contributed by atoms with Crippen LogP contribution in [0.5, 0.6) is 0 Å². The molecule has 0 aliphatic rings. The van der Waals surface area contributed by atoms with Gasteiger partial charge in [0.1, 0.15) is 0 Å². The predicted molar refractivity (Wildman–Crippen MR) is 99.1 cm³/mol. The zero-order valence-corrected chi connectivity index (χ0v) is 14.9. The largest absolute Gasteiger partial charge is 0.377 e. The summed E-state index contributed by atoms with van der Waals surface area (Å²) in [6.07, 6.45) is 3.66. The number of hydrogen-bond donors (Lipinski definition) is 1. The maximum atomic E-state index is 11.5. The lowest BCUT2D eigenvalue weighted by molar-refractivity contribution is 0.686. The van der Waals surface area contributed by atoms with E-state index in [1.807, 2.05) is 66.3 Å². The fourth-order valence-corrected chi connectivity index (χ4v) is 3.13. The Labute approximate surface area is 145 Å². The van der Waals surface area contributed by atoms with Gasteiger partial charge in [0.25, 0.3) is 0 Å². The molecule has 3 rings (SSSR count). The van der Waals surface area contributed by atoms with Gasteiger partial charge >= 0.3 is 0 Å². The van der Waals surface area contributed by atoms with Gasteiger partial charge in [-0.1, -0.05) is 24.3 Å². The van der Waals surface area contributed by atoms with Crippen LogP contribution >= 0.6 is 0 Å². The normalized spacial score (nSPS) is 13.5. The number of aryl methyl sites for hydroxylation is 1. The number of nitrogens with zero attached hydrogens (tertiary/aromatic N) is 2. The van der Waals surface area contributed by atoms with Crippen LogP contribution in [0.25, 0.3) is 5.69 Å². The molecule has 0 amide bonds. The van der Waals surface area contributed by atoms with E-state index in [0.717, 1.165) is 27.5 Å². The van der Waals surface area contributed by atoms with Crippen LogP contribution in [0.2, 0.25) is 0 Å². The number of nitrogens with one attached hydrogen (secondary N) is 1. The van der Waals surface area contributed by atoms with Gasteiger partial charge in [0.2, 0.25) is 0 Å². The fourth-order valence-electron chi connectivity index (χ4n) is 2.61. The van der Waals surface area contributed by atoms with Crippen molar-refractivity contribution in [2.24, 2.45) is 0 Å². The Hall–Kier alpha value is -2.40. The maximum Gasteiger partial charge on any atom is 0.0877 e. The van der Waals surface area contributed by atoms with Crippen molar-refractivity contribution in [1.29, 1.82) is 0 Å². The Balaban J connectivity index is 1.84. The Morgan fingerprint density at radius 2 is 1.79 bits per heavy atom. The Bertz CT molecular complexity index is 855. The van der Waals surface area contributed by atoms with Crippen LogP contribution in [0.15, 0.2) is 65.7 Å². The molecular weight excluding hydrogens is 318 g/mol. The molecule has 2 aromatic carbocycles. The monoisotopic (exact) mass is 339 g/mol. The van der Waals surface area contributed by atoms with Gasteiger partial charge in [-0.05, 0) is 49.7 Å². The molecule has 0 unspecified atom stereocenters. The number of benzene rings is 2. The fraction of sp³-hybridized carbons (Fsp3) is 0.211. The second-order valence-electron chi connectivity index (χ2n) is 5.81. The van der Waals surface area contributed by atoms with Crippen LogP contribution in [0, 0.1) is 6.92 Å². The minimum absolute atomic E-state index is 0.127. The van der Waals surface area contributed by atoms with E-state index in [1.54, 1.807) is 6.26 Å². The van der Waals surface area contributed by atoms with Crippen LogP contribution < -0.4 is 5.32 Å². The summed E-state index contributed by atoms with van der Waals surface area (Å²) < 4.78 is 13.4. The molecule has 1 heterocycles. The highest BCUT2D eigenvalue weighted by molar-refractivity contribution is 7.84. The summed E-state index contributed by atoms with van der Waals surface area (Å²) in [5.41, 5.74) is 4.18. The first-order valence-electron chi connectivity index (χ1n) is 7.86. The van der Waals surface area contributed by atoms with Crippen molar-refractivity contribution >= 4 is 16.5 Å². The van der Waals surface area contributed by atoms with Gasteiger partial charge in [0.05, 0.1) is 17.1 Å². The van der Waals surface area contributed by atoms with Crippen LogP contribution in [-0.4, -0.2) is 20.2 Å². The number of rotatable bonds is 5. The molecule has 124 valence electrons. The zero-order chi connectivity index (χ0) is 17.1. The van der Waals surface area contributed by atoms with E-state index in [2.05, 4.69) is 23.4 Å². The summed E-state index contributed by atoms with van der Waals surface area (Å²) in [4.78, 5) is 0.846. The molecule has 0 spiro atoms. The first kappa shape index (κ1) is 16.5. The molecule has 3 aromatic rings. The molecule has 0 radical (unpaired) electrons. The zero-order valence-electron chi connectivity index (χ0n) is 14.1. The molecule has 2 atom stereocenters. The van der Waals surface area contributed by atoms with E-state index >= 15 is 0 Å². The van der Waals surface area contributed by atoms with Gasteiger partial charge in [-0.3, -0.25) is 4.21 Å². The van der Waals surface area contributed by atoms with Crippen molar-refractivity contribution in [3.05, 3.63) is 72.1 Å². The highest BCUT2D eigenvalue weighted by Gasteiger charge is 2.10. The molecule has 4 nitrogen and oxygen atoms in total. The van der Waals surface area contributed by atoms with Crippen molar-refractivity contribution in [3.63, 3.8) is 0 Å². The summed E-state index contributed by atoms with van der Waals surface area (Å²) in [5.74, 6) is 0. The molecule has 0 saturated carbocycles. The molecule has 1 aromatic heterocycles. The second-order valence-corrected chi connectivity index (χ2v) is 7.19. The predicted octanol–water partition coefficient (Wildman–Crippen LogP) is 4.09. The summed E-state index contributed by atoms with van der Waals surface area (Å²) in [6, 6.07) is 18.1. The quantitative estimate of drug-likeness (QED) is 0.761. The first-order chi connectivity index (χ1) is 11.5. The van der Waals surface area contributed by atoms with Crippen molar-refractivity contribution in [3.8, 4) is 5.69 Å². The molecule has 24 heavy (non-hydrogen) atoms. The highest BCUT2D eigenvalue weighted by Crippen LogP contribution is 2.25. The summed E-state index contributed by atoms with van der Waals surface area (Å²) in [5, 5.41) is 8.04. The van der Waals surface area contributed by atoms with Crippen molar-refractivity contribution in [2.75, 3.05) is 11.6 Å². The van der Waals surface area contributed by atoms with E-state index in [-0.39, 0.29) is 6.04 Å². The second kappa shape index (κ2) is 7.01. The third kappa shape index (κ3) is 3.57. The number of hydrogen-bond acceptors (Lipinski definition) is 3. The standard InChI is InChI=1S/C19H21N3OS/c1-14-12-13-22(21-14)19-7-5-4-6-18(19)20-15(2)16-8-10-17(11-9-16)24(3)23/h4-13,15,20H,1-3H3/t15-,24+/m0/s1. The minimum Gasteiger partial charge on any atom is -0.377 e. The van der Waals surface area contributed by atoms with Gasteiger partial charge in [-0.2, -0.15) is 5.10 Å². The Kier molecular flexibility index (Phi) is 4.81. The van der Waals surface area contributed by atoms with Crippen molar-refractivity contribution in [2.45, 2.75) is 24.8 Å². The molecule has 5 heteroatoms. The first-order valence-corrected chi connectivity index (χ1v) is 9.42. The SMILES string of the molecule is Cc1ccn(-c2ccccc2N[C@@H](C)c2ccc([S@@](C)=O)cc2)n1. The van der Waals surface area contributed by atoms with Gasteiger partial charge < -0.3 is 5.32 Å². The number of para-hydroxylation sites is 2. The lowest BCUT2D eigenvalue weighted by Crippen LogP contribution is -2.09. The lowest BCUT2D eigenvalue weighted by atomic mass is 10.1.